The number of H-pyrrole nitrogens is 1. The largest absolute Gasteiger partial charge is 0.493 e. The molecule has 10 nitrogen and oxygen atoms in total. The number of benzene rings is 1. The Morgan fingerprint density at radius 1 is 1.13 bits per heavy atom. The fourth-order valence-corrected chi connectivity index (χ4v) is 6.55. The molecule has 1 aliphatic heterocycles. The van der Waals surface area contributed by atoms with Crippen molar-refractivity contribution in [1.82, 2.24) is 29.0 Å². The lowest BCUT2D eigenvalue weighted by molar-refractivity contribution is 0.180. The highest BCUT2D eigenvalue weighted by atomic mass is 32.2. The number of aliphatic hydroxyl groups excluding tert-OH is 1. The lowest BCUT2D eigenvalue weighted by Crippen LogP contribution is -2.48. The summed E-state index contributed by atoms with van der Waals surface area (Å²) in [5.41, 5.74) is 3.03. The number of fused-ring (bicyclic) bond motifs is 1. The van der Waals surface area contributed by atoms with Gasteiger partial charge in [-0.1, -0.05) is 32.5 Å². The zero-order valence-electron chi connectivity index (χ0n) is 22.4. The first-order valence-electron chi connectivity index (χ1n) is 13.4. The van der Waals surface area contributed by atoms with Gasteiger partial charge in [0.2, 0.25) is 10.0 Å². The average molecular weight is 563 g/mol. The molecule has 38 heavy (non-hydrogen) atoms. The van der Waals surface area contributed by atoms with Crippen molar-refractivity contribution in [3.05, 3.63) is 28.5 Å². The average Bonchev–Trinajstić information content (AvgIpc) is 3.23. The molecule has 4 rings (SSSR count). The number of sulfonamides is 1. The normalized spacial score (nSPS) is 15.4. The van der Waals surface area contributed by atoms with Crippen LogP contribution in [0.1, 0.15) is 45.2 Å². The second-order valence-electron chi connectivity index (χ2n) is 9.62. The summed E-state index contributed by atoms with van der Waals surface area (Å²) in [4.78, 5) is 10.5. The van der Waals surface area contributed by atoms with Gasteiger partial charge >= 0.3 is 0 Å². The van der Waals surface area contributed by atoms with Crippen molar-refractivity contribution in [2.45, 2.75) is 50.8 Å². The monoisotopic (exact) mass is 562 g/mol. The molecule has 12 heteroatoms. The van der Waals surface area contributed by atoms with Crippen LogP contribution in [0.2, 0.25) is 0 Å². The van der Waals surface area contributed by atoms with Gasteiger partial charge in [-0.15, -0.1) is 0 Å². The fourth-order valence-electron chi connectivity index (χ4n) is 4.78. The molecule has 1 aromatic carbocycles. The van der Waals surface area contributed by atoms with Crippen LogP contribution < -0.4 is 4.74 Å². The van der Waals surface area contributed by atoms with Crippen molar-refractivity contribution >= 4 is 33.3 Å². The molecule has 2 aromatic heterocycles. The summed E-state index contributed by atoms with van der Waals surface area (Å²) in [6.07, 6.45) is 4.19. The third-order valence-corrected chi connectivity index (χ3v) is 8.96. The van der Waals surface area contributed by atoms with Gasteiger partial charge in [-0.3, -0.25) is 4.68 Å². The molecular formula is C26H38N6O4S2. The molecule has 0 aliphatic carbocycles. The SMILES string of the molecule is CCCOc1ccc(S(=O)(=O)N2CCN(CCCCO)CC2)cc1-c1nc(=S)c2c([nH]1)c(CCC)nn2C. The van der Waals surface area contributed by atoms with Crippen LogP contribution in [-0.4, -0.2) is 88.4 Å². The molecule has 208 valence electrons. The Bertz CT molecular complexity index is 1410. The minimum absolute atomic E-state index is 0.182. The van der Waals surface area contributed by atoms with Crippen molar-refractivity contribution in [2.24, 2.45) is 7.05 Å². The summed E-state index contributed by atoms with van der Waals surface area (Å²) < 4.78 is 37.0. The Hall–Kier alpha value is -2.38. The molecule has 3 heterocycles. The van der Waals surface area contributed by atoms with Crippen molar-refractivity contribution in [3.8, 4) is 17.1 Å². The Balaban J connectivity index is 1.70. The number of hydrogen-bond acceptors (Lipinski definition) is 8. The lowest BCUT2D eigenvalue weighted by Gasteiger charge is -2.34. The molecule has 0 unspecified atom stereocenters. The number of nitrogens with one attached hydrogen (secondary N) is 1. The number of aryl methyl sites for hydroxylation is 2. The Morgan fingerprint density at radius 2 is 1.89 bits per heavy atom. The number of ether oxygens (including phenoxy) is 1. The highest BCUT2D eigenvalue weighted by Crippen LogP contribution is 2.33. The maximum absolute atomic E-state index is 13.7. The minimum atomic E-state index is -3.72. The zero-order valence-corrected chi connectivity index (χ0v) is 24.1. The van der Waals surface area contributed by atoms with Gasteiger partial charge in [-0.2, -0.15) is 9.40 Å². The van der Waals surface area contributed by atoms with E-state index in [-0.39, 0.29) is 11.5 Å². The molecular weight excluding hydrogens is 524 g/mol. The minimum Gasteiger partial charge on any atom is -0.493 e. The fraction of sp³-hybridized carbons (Fsp3) is 0.577. The Morgan fingerprint density at radius 3 is 2.58 bits per heavy atom. The molecule has 0 atom stereocenters. The zero-order chi connectivity index (χ0) is 27.3. The van der Waals surface area contributed by atoms with E-state index < -0.39 is 10.0 Å². The van der Waals surface area contributed by atoms with E-state index in [2.05, 4.69) is 26.9 Å². The summed E-state index contributed by atoms with van der Waals surface area (Å²) in [6, 6.07) is 4.96. The van der Waals surface area contributed by atoms with Crippen LogP contribution in [0.5, 0.6) is 5.75 Å². The van der Waals surface area contributed by atoms with E-state index in [0.717, 1.165) is 55.4 Å². The highest BCUT2D eigenvalue weighted by molar-refractivity contribution is 7.89. The predicted octanol–water partition coefficient (Wildman–Crippen LogP) is 3.51. The van der Waals surface area contributed by atoms with Crippen LogP contribution in [0.25, 0.3) is 22.4 Å². The molecule has 2 N–H and O–H groups in total. The topological polar surface area (TPSA) is 117 Å². The predicted molar refractivity (Wildman–Crippen MR) is 150 cm³/mol. The summed E-state index contributed by atoms with van der Waals surface area (Å²) in [6.45, 7) is 7.84. The summed E-state index contributed by atoms with van der Waals surface area (Å²) >= 11 is 5.64. The Kier molecular flexibility index (Phi) is 9.53. The number of hydrogen-bond donors (Lipinski definition) is 2. The standard InChI is InChI=1S/C26H38N6O4S2/c1-4-8-21-23-24(30(3)29-21)26(37)28-25(27-23)20-18-19(9-10-22(20)36-17-5-2)38(34,35)32-14-12-31(13-15-32)11-6-7-16-33/h9-10,18,33H,4-8,11-17H2,1-3H3,(H,27,28,37). The van der Waals surface area contributed by atoms with Gasteiger partial charge in [-0.05, 0) is 50.4 Å². The quantitative estimate of drug-likeness (QED) is 0.255. The first-order chi connectivity index (χ1) is 18.3. The molecule has 0 spiro atoms. The van der Waals surface area contributed by atoms with Gasteiger partial charge in [0.1, 0.15) is 17.1 Å². The van der Waals surface area contributed by atoms with E-state index in [0.29, 0.717) is 54.6 Å². The molecule has 0 radical (unpaired) electrons. The van der Waals surface area contributed by atoms with Crippen LogP contribution in [0.4, 0.5) is 0 Å². The number of piperazine rings is 1. The number of aromatic amines is 1. The van der Waals surface area contributed by atoms with Crippen molar-refractivity contribution in [2.75, 3.05) is 45.9 Å². The van der Waals surface area contributed by atoms with Gasteiger partial charge in [-0.25, -0.2) is 13.4 Å². The lowest BCUT2D eigenvalue weighted by atomic mass is 10.1. The molecule has 1 fully saturated rings. The van der Waals surface area contributed by atoms with Crippen LogP contribution in [0.3, 0.4) is 0 Å². The van der Waals surface area contributed by atoms with E-state index >= 15 is 0 Å². The third kappa shape index (κ3) is 6.09. The summed E-state index contributed by atoms with van der Waals surface area (Å²) in [7, 11) is -1.87. The molecule has 0 saturated carbocycles. The van der Waals surface area contributed by atoms with Crippen LogP contribution in [0, 0.1) is 4.64 Å². The summed E-state index contributed by atoms with van der Waals surface area (Å²) in [5, 5.41) is 13.6. The Labute approximate surface area is 229 Å². The number of aromatic nitrogens is 4. The smallest absolute Gasteiger partial charge is 0.243 e. The highest BCUT2D eigenvalue weighted by Gasteiger charge is 2.29. The molecule has 1 saturated heterocycles. The van der Waals surface area contributed by atoms with Crippen molar-refractivity contribution < 1.29 is 18.3 Å². The maximum Gasteiger partial charge on any atom is 0.243 e. The number of nitrogens with zero attached hydrogens (tertiary/aromatic N) is 5. The first kappa shape index (κ1) is 28.6. The first-order valence-corrected chi connectivity index (χ1v) is 15.2. The van der Waals surface area contributed by atoms with Gasteiger partial charge in [0.05, 0.1) is 28.3 Å². The van der Waals surface area contributed by atoms with E-state index in [9.17, 15) is 8.42 Å². The van der Waals surface area contributed by atoms with E-state index in [1.807, 2.05) is 14.0 Å². The van der Waals surface area contributed by atoms with Crippen LogP contribution >= 0.6 is 12.2 Å². The van der Waals surface area contributed by atoms with Crippen LogP contribution in [-0.2, 0) is 23.5 Å². The van der Waals surface area contributed by atoms with Crippen molar-refractivity contribution in [1.29, 1.82) is 0 Å². The van der Waals surface area contributed by atoms with E-state index in [4.69, 9.17) is 22.1 Å². The van der Waals surface area contributed by atoms with Gasteiger partial charge in [0, 0.05) is 39.8 Å². The second kappa shape index (κ2) is 12.6. The van der Waals surface area contributed by atoms with Gasteiger partial charge < -0.3 is 19.7 Å². The molecule has 3 aromatic rings. The molecule has 0 bridgehead atoms. The van der Waals surface area contributed by atoms with E-state index in [1.54, 1.807) is 27.2 Å². The van der Waals surface area contributed by atoms with Crippen LogP contribution in [0.15, 0.2) is 23.1 Å². The van der Waals surface area contributed by atoms with Crippen molar-refractivity contribution in [3.63, 3.8) is 0 Å². The molecule has 1 aliphatic rings. The maximum atomic E-state index is 13.7. The second-order valence-corrected chi connectivity index (χ2v) is 11.9. The van der Waals surface area contributed by atoms with Gasteiger partial charge in [0.25, 0.3) is 0 Å². The third-order valence-electron chi connectivity index (χ3n) is 6.79. The van der Waals surface area contributed by atoms with E-state index in [1.165, 1.54) is 0 Å². The number of aliphatic hydroxyl groups is 1. The summed E-state index contributed by atoms with van der Waals surface area (Å²) in [5.74, 6) is 1.02. The number of rotatable bonds is 12. The number of unbranched alkanes of at least 4 members (excludes halogenated alkanes) is 1. The molecule has 0 amide bonds. The van der Waals surface area contributed by atoms with Gasteiger partial charge in [0.15, 0.2) is 4.64 Å².